The molecule has 0 saturated heterocycles. The van der Waals surface area contributed by atoms with Crippen molar-refractivity contribution in [2.75, 3.05) is 6.54 Å². The SMILES string of the molecule is C=N/C(C)=C(/Cc1ccccc1)C(C)=NCC. The summed E-state index contributed by atoms with van der Waals surface area (Å²) < 4.78 is 0. The second-order valence-electron chi connectivity index (χ2n) is 3.94. The number of aliphatic imine (C=N–C) groups is 2. The molecule has 0 spiro atoms. The Morgan fingerprint density at radius 2 is 1.82 bits per heavy atom. The molecule has 0 saturated carbocycles. The summed E-state index contributed by atoms with van der Waals surface area (Å²) in [4.78, 5) is 8.50. The molecule has 0 aliphatic carbocycles. The smallest absolute Gasteiger partial charge is 0.0418 e. The minimum Gasteiger partial charge on any atom is -0.290 e. The lowest BCUT2D eigenvalue weighted by Gasteiger charge is -2.09. The van der Waals surface area contributed by atoms with E-state index < -0.39 is 0 Å². The first-order valence-corrected chi connectivity index (χ1v) is 5.90. The van der Waals surface area contributed by atoms with E-state index in [1.54, 1.807) is 0 Å². The molecule has 0 heterocycles. The molecule has 0 aromatic heterocycles. The zero-order valence-corrected chi connectivity index (χ0v) is 10.9. The molecule has 17 heavy (non-hydrogen) atoms. The molecule has 0 bridgehead atoms. The summed E-state index contributed by atoms with van der Waals surface area (Å²) in [6.07, 6.45) is 0.862. The van der Waals surface area contributed by atoms with Gasteiger partial charge in [-0.25, -0.2) is 0 Å². The van der Waals surface area contributed by atoms with Gasteiger partial charge in [-0.15, -0.1) is 0 Å². The van der Waals surface area contributed by atoms with Gasteiger partial charge in [0.1, 0.15) is 0 Å². The highest BCUT2D eigenvalue weighted by Gasteiger charge is 2.06. The van der Waals surface area contributed by atoms with Crippen molar-refractivity contribution in [2.45, 2.75) is 27.2 Å². The zero-order chi connectivity index (χ0) is 12.7. The molecule has 0 radical (unpaired) electrons. The molecule has 1 rings (SSSR count). The first-order valence-electron chi connectivity index (χ1n) is 5.90. The topological polar surface area (TPSA) is 24.7 Å². The lowest BCUT2D eigenvalue weighted by molar-refractivity contribution is 1.09. The van der Waals surface area contributed by atoms with E-state index in [2.05, 4.69) is 41.0 Å². The van der Waals surface area contributed by atoms with Crippen LogP contribution in [-0.2, 0) is 6.42 Å². The number of allylic oxidation sites excluding steroid dienone is 2. The summed E-state index contributed by atoms with van der Waals surface area (Å²) in [5.74, 6) is 0. The van der Waals surface area contributed by atoms with Crippen molar-refractivity contribution in [3.05, 3.63) is 47.2 Å². The molecule has 2 nitrogen and oxygen atoms in total. The maximum atomic E-state index is 4.46. The summed E-state index contributed by atoms with van der Waals surface area (Å²) in [7, 11) is 0. The Bertz CT molecular complexity index is 427. The fraction of sp³-hybridized carbons (Fsp3) is 0.333. The third-order valence-electron chi connectivity index (χ3n) is 2.73. The van der Waals surface area contributed by atoms with Crippen molar-refractivity contribution in [2.24, 2.45) is 9.98 Å². The summed E-state index contributed by atoms with van der Waals surface area (Å²) in [6.45, 7) is 10.5. The normalized spacial score (nSPS) is 13.2. The van der Waals surface area contributed by atoms with Crippen LogP contribution in [0.3, 0.4) is 0 Å². The molecule has 90 valence electrons. The van der Waals surface area contributed by atoms with Gasteiger partial charge in [0.2, 0.25) is 0 Å². The van der Waals surface area contributed by atoms with E-state index in [9.17, 15) is 0 Å². The predicted octanol–water partition coefficient (Wildman–Crippen LogP) is 3.68. The first-order chi connectivity index (χ1) is 8.19. The van der Waals surface area contributed by atoms with Crippen LogP contribution in [0.15, 0.2) is 51.6 Å². The van der Waals surface area contributed by atoms with Crippen molar-refractivity contribution in [3.8, 4) is 0 Å². The largest absolute Gasteiger partial charge is 0.290 e. The summed E-state index contributed by atoms with van der Waals surface area (Å²) in [6, 6.07) is 10.4. The molecule has 0 aliphatic rings. The molecule has 0 N–H and O–H groups in total. The Balaban J connectivity index is 3.02. The zero-order valence-electron chi connectivity index (χ0n) is 10.9. The third-order valence-corrected chi connectivity index (χ3v) is 2.73. The number of hydrogen-bond acceptors (Lipinski definition) is 2. The van der Waals surface area contributed by atoms with Crippen molar-refractivity contribution in [1.29, 1.82) is 0 Å². The van der Waals surface area contributed by atoms with Crippen LogP contribution in [0.2, 0.25) is 0 Å². The minimum atomic E-state index is 0.800. The van der Waals surface area contributed by atoms with Gasteiger partial charge in [-0.2, -0.15) is 0 Å². The molecule has 0 amide bonds. The average Bonchev–Trinajstić information content (AvgIpc) is 2.36. The molecule has 0 atom stereocenters. The Morgan fingerprint density at radius 3 is 2.35 bits per heavy atom. The lowest BCUT2D eigenvalue weighted by Crippen LogP contribution is -2.04. The Hall–Kier alpha value is -1.70. The van der Waals surface area contributed by atoms with E-state index in [0.29, 0.717) is 0 Å². The molecule has 0 unspecified atom stereocenters. The molecule has 1 aromatic carbocycles. The van der Waals surface area contributed by atoms with Gasteiger partial charge in [-0.1, -0.05) is 30.3 Å². The number of hydrogen-bond donors (Lipinski definition) is 0. The second kappa shape index (κ2) is 6.79. The van der Waals surface area contributed by atoms with Gasteiger partial charge in [-0.3, -0.25) is 9.98 Å². The van der Waals surface area contributed by atoms with Crippen LogP contribution in [-0.4, -0.2) is 19.0 Å². The van der Waals surface area contributed by atoms with Crippen LogP contribution >= 0.6 is 0 Å². The number of nitrogens with zero attached hydrogens (tertiary/aromatic N) is 2. The highest BCUT2D eigenvalue weighted by atomic mass is 14.7. The van der Waals surface area contributed by atoms with Gasteiger partial charge < -0.3 is 0 Å². The van der Waals surface area contributed by atoms with Crippen LogP contribution in [0.25, 0.3) is 0 Å². The molecular formula is C15H20N2. The standard InChI is InChI=1S/C15H20N2/c1-5-17-13(3)15(12(2)16-4)11-14-9-7-6-8-10-14/h6-10H,4-5,11H2,1-3H3/b15-12-,17-13?. The minimum absolute atomic E-state index is 0.800. The Morgan fingerprint density at radius 1 is 1.18 bits per heavy atom. The van der Waals surface area contributed by atoms with Gasteiger partial charge in [0, 0.05) is 24.4 Å². The quantitative estimate of drug-likeness (QED) is 0.687. The second-order valence-corrected chi connectivity index (χ2v) is 3.94. The van der Waals surface area contributed by atoms with Crippen molar-refractivity contribution < 1.29 is 0 Å². The van der Waals surface area contributed by atoms with Crippen LogP contribution in [0.5, 0.6) is 0 Å². The van der Waals surface area contributed by atoms with Gasteiger partial charge >= 0.3 is 0 Å². The highest BCUT2D eigenvalue weighted by molar-refractivity contribution is 5.99. The monoisotopic (exact) mass is 228 g/mol. The molecule has 0 aliphatic heterocycles. The van der Waals surface area contributed by atoms with Gasteiger partial charge in [0.15, 0.2) is 0 Å². The fourth-order valence-electron chi connectivity index (χ4n) is 1.75. The molecule has 2 heteroatoms. The van der Waals surface area contributed by atoms with E-state index in [0.717, 1.165) is 24.4 Å². The van der Waals surface area contributed by atoms with Crippen LogP contribution in [0, 0.1) is 0 Å². The van der Waals surface area contributed by atoms with Gasteiger partial charge in [-0.05, 0) is 38.6 Å². The van der Waals surface area contributed by atoms with E-state index in [4.69, 9.17) is 0 Å². The van der Waals surface area contributed by atoms with E-state index in [1.807, 2.05) is 26.8 Å². The first kappa shape index (κ1) is 13.4. The maximum absolute atomic E-state index is 4.46. The Kier molecular flexibility index (Phi) is 5.34. The predicted molar refractivity (Wildman–Crippen MR) is 76.0 cm³/mol. The van der Waals surface area contributed by atoms with E-state index in [1.165, 1.54) is 11.1 Å². The van der Waals surface area contributed by atoms with Crippen LogP contribution in [0.4, 0.5) is 0 Å². The van der Waals surface area contributed by atoms with Crippen molar-refractivity contribution in [3.63, 3.8) is 0 Å². The van der Waals surface area contributed by atoms with Gasteiger partial charge in [0.05, 0.1) is 0 Å². The third kappa shape index (κ3) is 3.99. The number of benzene rings is 1. The van der Waals surface area contributed by atoms with E-state index in [-0.39, 0.29) is 0 Å². The molecule has 1 aromatic rings. The summed E-state index contributed by atoms with van der Waals surface area (Å²) >= 11 is 0. The number of rotatable bonds is 5. The Labute approximate surface area is 104 Å². The lowest BCUT2D eigenvalue weighted by atomic mass is 10.00. The van der Waals surface area contributed by atoms with Crippen LogP contribution in [0.1, 0.15) is 26.3 Å². The average molecular weight is 228 g/mol. The summed E-state index contributed by atoms with van der Waals surface area (Å²) in [5.41, 5.74) is 4.47. The highest BCUT2D eigenvalue weighted by Crippen LogP contribution is 2.15. The van der Waals surface area contributed by atoms with Crippen molar-refractivity contribution >= 4 is 12.4 Å². The molecular weight excluding hydrogens is 208 g/mol. The fourth-order valence-corrected chi connectivity index (χ4v) is 1.75. The molecule has 0 fully saturated rings. The summed E-state index contributed by atoms with van der Waals surface area (Å²) in [5, 5.41) is 0. The van der Waals surface area contributed by atoms with E-state index >= 15 is 0 Å². The van der Waals surface area contributed by atoms with Gasteiger partial charge in [0.25, 0.3) is 0 Å². The maximum Gasteiger partial charge on any atom is 0.0418 e. The van der Waals surface area contributed by atoms with Crippen LogP contribution < -0.4 is 0 Å². The van der Waals surface area contributed by atoms with Crippen molar-refractivity contribution in [1.82, 2.24) is 0 Å².